The smallest absolute Gasteiger partial charge is 0.316 e. The Bertz CT molecular complexity index is 391. The van der Waals surface area contributed by atoms with Crippen molar-refractivity contribution in [2.24, 2.45) is 5.92 Å². The number of ketones is 1. The molecule has 1 aliphatic carbocycles. The number of carbonyl (C=O) groups excluding carboxylic acids is 1. The van der Waals surface area contributed by atoms with E-state index in [9.17, 15) is 4.79 Å². The molecule has 1 fully saturated rings. The van der Waals surface area contributed by atoms with Crippen LogP contribution in [0.5, 0.6) is 6.01 Å². The Kier molecular flexibility index (Phi) is 2.86. The van der Waals surface area contributed by atoms with Gasteiger partial charge < -0.3 is 4.74 Å². The van der Waals surface area contributed by atoms with Gasteiger partial charge in [-0.1, -0.05) is 11.6 Å². The summed E-state index contributed by atoms with van der Waals surface area (Å²) in [4.78, 5) is 19.5. The molecule has 2 rings (SSSR count). The molecular weight excluding hydrogens is 216 g/mol. The SMILES string of the molecule is COc1ncc(Cl)c(CC(=O)C2CC2)n1. The van der Waals surface area contributed by atoms with Crippen LogP contribution < -0.4 is 4.74 Å². The van der Waals surface area contributed by atoms with Gasteiger partial charge in [0, 0.05) is 5.92 Å². The molecule has 15 heavy (non-hydrogen) atoms. The van der Waals surface area contributed by atoms with Crippen molar-refractivity contribution in [2.45, 2.75) is 19.3 Å². The molecule has 0 N–H and O–H groups in total. The van der Waals surface area contributed by atoms with Gasteiger partial charge in [-0.15, -0.1) is 0 Å². The molecule has 0 spiro atoms. The minimum Gasteiger partial charge on any atom is -0.467 e. The quantitative estimate of drug-likeness (QED) is 0.784. The summed E-state index contributed by atoms with van der Waals surface area (Å²) in [6.07, 6.45) is 3.74. The molecule has 0 atom stereocenters. The maximum atomic E-state index is 11.6. The van der Waals surface area contributed by atoms with E-state index in [1.165, 1.54) is 13.3 Å². The van der Waals surface area contributed by atoms with Gasteiger partial charge in [-0.3, -0.25) is 4.79 Å². The Balaban J connectivity index is 2.14. The van der Waals surface area contributed by atoms with E-state index in [0.29, 0.717) is 10.7 Å². The highest BCUT2D eigenvalue weighted by atomic mass is 35.5. The lowest BCUT2D eigenvalue weighted by atomic mass is 10.1. The first-order chi connectivity index (χ1) is 7.20. The standard InChI is InChI=1S/C10H11ClN2O2/c1-15-10-12-5-7(11)8(13-10)4-9(14)6-2-3-6/h5-6H,2-4H2,1H3. The summed E-state index contributed by atoms with van der Waals surface area (Å²) in [7, 11) is 1.48. The second-order valence-electron chi connectivity index (χ2n) is 3.57. The van der Waals surface area contributed by atoms with Crippen molar-refractivity contribution in [3.05, 3.63) is 16.9 Å². The summed E-state index contributed by atoms with van der Waals surface area (Å²) in [5.74, 6) is 0.430. The van der Waals surface area contributed by atoms with Gasteiger partial charge in [-0.05, 0) is 12.8 Å². The summed E-state index contributed by atoms with van der Waals surface area (Å²) in [6, 6.07) is 0.248. The van der Waals surface area contributed by atoms with Crippen LogP contribution in [0.4, 0.5) is 0 Å². The molecule has 1 heterocycles. The van der Waals surface area contributed by atoms with Gasteiger partial charge >= 0.3 is 6.01 Å². The Morgan fingerprint density at radius 1 is 1.67 bits per heavy atom. The predicted octanol–water partition coefficient (Wildman–Crippen LogP) is 1.66. The molecule has 1 aliphatic rings. The van der Waals surface area contributed by atoms with E-state index in [-0.39, 0.29) is 24.1 Å². The summed E-state index contributed by atoms with van der Waals surface area (Å²) >= 11 is 5.89. The number of methoxy groups -OCH3 is 1. The lowest BCUT2D eigenvalue weighted by molar-refractivity contribution is -0.119. The lowest BCUT2D eigenvalue weighted by Crippen LogP contribution is -2.08. The summed E-state index contributed by atoms with van der Waals surface area (Å²) in [5, 5.41) is 0.421. The van der Waals surface area contributed by atoms with E-state index >= 15 is 0 Å². The highest BCUT2D eigenvalue weighted by molar-refractivity contribution is 6.31. The number of carbonyl (C=O) groups is 1. The number of aromatic nitrogens is 2. The highest BCUT2D eigenvalue weighted by Gasteiger charge is 2.30. The fraction of sp³-hybridized carbons (Fsp3) is 0.500. The number of Topliss-reactive ketones (excluding diaryl/α,β-unsaturated/α-hetero) is 1. The van der Waals surface area contributed by atoms with Crippen LogP contribution in [0.3, 0.4) is 0 Å². The van der Waals surface area contributed by atoms with E-state index in [1.807, 2.05) is 0 Å². The molecular formula is C10H11ClN2O2. The van der Waals surface area contributed by atoms with E-state index < -0.39 is 0 Å². The van der Waals surface area contributed by atoms with Crippen LogP contribution in [0.25, 0.3) is 0 Å². The van der Waals surface area contributed by atoms with Gasteiger partial charge in [0.25, 0.3) is 0 Å². The van der Waals surface area contributed by atoms with Crippen molar-refractivity contribution in [1.29, 1.82) is 0 Å². The third-order valence-electron chi connectivity index (χ3n) is 2.35. The van der Waals surface area contributed by atoms with E-state index in [2.05, 4.69) is 9.97 Å². The molecule has 4 nitrogen and oxygen atoms in total. The maximum absolute atomic E-state index is 11.6. The van der Waals surface area contributed by atoms with Crippen molar-refractivity contribution in [1.82, 2.24) is 9.97 Å². The molecule has 0 amide bonds. The Labute approximate surface area is 92.6 Å². The number of rotatable bonds is 4. The van der Waals surface area contributed by atoms with Gasteiger partial charge in [0.1, 0.15) is 5.78 Å². The molecule has 1 aromatic heterocycles. The van der Waals surface area contributed by atoms with Crippen molar-refractivity contribution in [3.8, 4) is 6.01 Å². The number of halogens is 1. The number of hydrogen-bond acceptors (Lipinski definition) is 4. The highest BCUT2D eigenvalue weighted by Crippen LogP contribution is 2.31. The fourth-order valence-electron chi connectivity index (χ4n) is 1.32. The first-order valence-electron chi connectivity index (χ1n) is 4.79. The zero-order chi connectivity index (χ0) is 10.8. The zero-order valence-electron chi connectivity index (χ0n) is 8.36. The molecule has 1 saturated carbocycles. The van der Waals surface area contributed by atoms with Crippen molar-refractivity contribution >= 4 is 17.4 Å². The van der Waals surface area contributed by atoms with Gasteiger partial charge in [0.15, 0.2) is 0 Å². The average molecular weight is 227 g/mol. The normalized spacial score (nSPS) is 15.1. The largest absolute Gasteiger partial charge is 0.467 e. The first kappa shape index (κ1) is 10.4. The second kappa shape index (κ2) is 4.14. The Morgan fingerprint density at radius 2 is 2.40 bits per heavy atom. The van der Waals surface area contributed by atoms with Gasteiger partial charge in [0.2, 0.25) is 0 Å². The molecule has 0 radical (unpaired) electrons. The average Bonchev–Trinajstić information content (AvgIpc) is 3.04. The predicted molar refractivity (Wildman–Crippen MR) is 55.0 cm³/mol. The van der Waals surface area contributed by atoms with Crippen LogP contribution in [0.15, 0.2) is 6.20 Å². The maximum Gasteiger partial charge on any atom is 0.316 e. The van der Waals surface area contributed by atoms with Crippen LogP contribution >= 0.6 is 11.6 Å². The monoisotopic (exact) mass is 226 g/mol. The van der Waals surface area contributed by atoms with Crippen LogP contribution in [-0.2, 0) is 11.2 Å². The zero-order valence-corrected chi connectivity index (χ0v) is 9.12. The Hall–Kier alpha value is -1.16. The summed E-state index contributed by atoms with van der Waals surface area (Å²) in [5.41, 5.74) is 0.556. The van der Waals surface area contributed by atoms with Crippen molar-refractivity contribution in [2.75, 3.05) is 7.11 Å². The van der Waals surface area contributed by atoms with Crippen LogP contribution in [0.2, 0.25) is 5.02 Å². The van der Waals surface area contributed by atoms with Crippen molar-refractivity contribution in [3.63, 3.8) is 0 Å². The molecule has 5 heteroatoms. The minimum atomic E-state index is 0.206. The van der Waals surface area contributed by atoms with Crippen LogP contribution in [0, 0.1) is 5.92 Å². The van der Waals surface area contributed by atoms with E-state index in [4.69, 9.17) is 16.3 Å². The number of ether oxygens (including phenoxy) is 1. The molecule has 0 aliphatic heterocycles. The topological polar surface area (TPSA) is 52.1 Å². The third kappa shape index (κ3) is 2.45. The van der Waals surface area contributed by atoms with Crippen LogP contribution in [0.1, 0.15) is 18.5 Å². The second-order valence-corrected chi connectivity index (χ2v) is 3.98. The minimum absolute atomic E-state index is 0.206. The van der Waals surface area contributed by atoms with Gasteiger partial charge in [0.05, 0.1) is 30.4 Å². The van der Waals surface area contributed by atoms with Gasteiger partial charge in [-0.25, -0.2) is 4.98 Å². The molecule has 1 aromatic rings. The Morgan fingerprint density at radius 3 is 3.00 bits per heavy atom. The summed E-state index contributed by atoms with van der Waals surface area (Å²) in [6.45, 7) is 0. The van der Waals surface area contributed by atoms with Crippen LogP contribution in [-0.4, -0.2) is 22.9 Å². The number of nitrogens with zero attached hydrogens (tertiary/aromatic N) is 2. The first-order valence-corrected chi connectivity index (χ1v) is 5.16. The molecule has 0 saturated heterocycles. The number of hydrogen-bond donors (Lipinski definition) is 0. The molecule has 0 aromatic carbocycles. The molecule has 0 bridgehead atoms. The lowest BCUT2D eigenvalue weighted by Gasteiger charge is -2.03. The van der Waals surface area contributed by atoms with Gasteiger partial charge in [-0.2, -0.15) is 4.98 Å². The van der Waals surface area contributed by atoms with Crippen molar-refractivity contribution < 1.29 is 9.53 Å². The summed E-state index contributed by atoms with van der Waals surface area (Å²) < 4.78 is 4.88. The third-order valence-corrected chi connectivity index (χ3v) is 2.67. The van der Waals surface area contributed by atoms with E-state index in [0.717, 1.165) is 12.8 Å². The fourth-order valence-corrected chi connectivity index (χ4v) is 1.48. The molecule has 80 valence electrons. The molecule has 0 unspecified atom stereocenters. The van der Waals surface area contributed by atoms with E-state index in [1.54, 1.807) is 0 Å².